The molecule has 10 rings (SSSR count). The second-order valence-electron chi connectivity index (χ2n) is 14.3. The largest absolute Gasteiger partial charge is 0.309 e. The van der Waals surface area contributed by atoms with Crippen molar-refractivity contribution >= 4 is 49.2 Å². The Bertz CT molecular complexity index is 3030. The van der Waals surface area contributed by atoms with E-state index in [1.165, 1.54) is 49.2 Å². The molecule has 0 spiro atoms. The van der Waals surface area contributed by atoms with Crippen LogP contribution in [-0.2, 0) is 0 Å². The number of pyridine rings is 1. The third-order valence-corrected chi connectivity index (χ3v) is 11.0. The predicted octanol–water partition coefficient (Wildman–Crippen LogP) is 14.3. The number of benzene rings is 7. The van der Waals surface area contributed by atoms with Gasteiger partial charge in [0.1, 0.15) is 0 Å². The lowest BCUT2D eigenvalue weighted by atomic mass is 9.97. The number of hydrogen-bond donors (Lipinski definition) is 0. The Morgan fingerprint density at radius 1 is 0.446 bits per heavy atom. The van der Waals surface area contributed by atoms with Gasteiger partial charge in [-0.05, 0) is 90.7 Å². The quantitative estimate of drug-likeness (QED) is 0.151. The summed E-state index contributed by atoms with van der Waals surface area (Å²) in [6, 6.07) is 65.8. The molecule has 10 aromatic rings. The van der Waals surface area contributed by atoms with Crippen LogP contribution in [-0.4, -0.2) is 14.1 Å². The van der Waals surface area contributed by atoms with Gasteiger partial charge in [-0.15, -0.1) is 0 Å². The van der Waals surface area contributed by atoms with Gasteiger partial charge in [0.25, 0.3) is 0 Å². The van der Waals surface area contributed by atoms with E-state index in [4.69, 9.17) is 4.98 Å². The first-order valence-electron chi connectivity index (χ1n) is 19.3. The van der Waals surface area contributed by atoms with Crippen LogP contribution in [0.1, 0.15) is 19.5 Å². The van der Waals surface area contributed by atoms with Crippen molar-refractivity contribution in [3.63, 3.8) is 0 Å². The minimum Gasteiger partial charge on any atom is -0.309 e. The molecule has 0 saturated carbocycles. The summed E-state index contributed by atoms with van der Waals surface area (Å²) in [7, 11) is 0. The molecule has 3 nitrogen and oxygen atoms in total. The fourth-order valence-electron chi connectivity index (χ4n) is 8.43. The molecule has 3 heterocycles. The van der Waals surface area contributed by atoms with Gasteiger partial charge in [0.15, 0.2) is 0 Å². The molecule has 0 fully saturated rings. The predicted molar refractivity (Wildman–Crippen MR) is 238 cm³/mol. The summed E-state index contributed by atoms with van der Waals surface area (Å²) in [6.45, 7) is 4.12. The maximum atomic E-state index is 5.23. The normalized spacial score (nSPS) is 12.1. The first kappa shape index (κ1) is 33.3. The van der Waals surface area contributed by atoms with Crippen LogP contribution in [0.15, 0.2) is 200 Å². The zero-order valence-corrected chi connectivity index (χ0v) is 31.4. The molecule has 0 saturated heterocycles. The van der Waals surface area contributed by atoms with Crippen LogP contribution >= 0.6 is 0 Å². The summed E-state index contributed by atoms with van der Waals surface area (Å²) in [6.07, 6.45) is 6.33. The van der Waals surface area contributed by atoms with Crippen molar-refractivity contribution in [2.24, 2.45) is 0 Å². The summed E-state index contributed by atoms with van der Waals surface area (Å²) in [4.78, 5) is 5.23. The summed E-state index contributed by atoms with van der Waals surface area (Å²) in [5.74, 6) is 0. The SMILES string of the molecule is C/C=C\C(=C/C)c1cc(-c2ccccc2)cc(-c2ccc(-c3cc(-n4c5ccccc5c5ccccc54)ccc3-n3c4ccccc4c4ccccc43)cc2)n1. The van der Waals surface area contributed by atoms with Crippen molar-refractivity contribution in [1.82, 2.24) is 14.1 Å². The van der Waals surface area contributed by atoms with E-state index in [0.717, 1.165) is 50.6 Å². The maximum absolute atomic E-state index is 5.23. The van der Waals surface area contributed by atoms with Gasteiger partial charge in [-0.3, -0.25) is 0 Å². The van der Waals surface area contributed by atoms with Crippen LogP contribution in [0.25, 0.3) is 94.1 Å². The lowest BCUT2D eigenvalue weighted by molar-refractivity contribution is 1.15. The molecule has 0 radical (unpaired) electrons. The molecule has 0 atom stereocenters. The zero-order chi connectivity index (χ0) is 37.6. The number of para-hydroxylation sites is 4. The smallest absolute Gasteiger partial charge is 0.0715 e. The third kappa shape index (κ3) is 5.56. The lowest BCUT2D eigenvalue weighted by Crippen LogP contribution is -2.01. The average molecular weight is 718 g/mol. The molecule has 0 bridgehead atoms. The topological polar surface area (TPSA) is 22.8 Å². The van der Waals surface area contributed by atoms with E-state index < -0.39 is 0 Å². The first-order chi connectivity index (χ1) is 27.7. The highest BCUT2D eigenvalue weighted by Crippen LogP contribution is 2.40. The van der Waals surface area contributed by atoms with Gasteiger partial charge in [0.05, 0.1) is 39.1 Å². The molecule has 3 heteroatoms. The number of allylic oxidation sites excluding steroid dienone is 4. The van der Waals surface area contributed by atoms with Gasteiger partial charge in [-0.2, -0.15) is 0 Å². The van der Waals surface area contributed by atoms with Crippen molar-refractivity contribution in [3.8, 4) is 44.9 Å². The number of rotatable bonds is 7. The van der Waals surface area contributed by atoms with Crippen LogP contribution < -0.4 is 0 Å². The van der Waals surface area contributed by atoms with E-state index in [1.807, 2.05) is 6.92 Å². The molecule has 266 valence electrons. The van der Waals surface area contributed by atoms with E-state index in [2.05, 4.69) is 216 Å². The van der Waals surface area contributed by atoms with Crippen LogP contribution in [0.5, 0.6) is 0 Å². The summed E-state index contributed by atoms with van der Waals surface area (Å²) < 4.78 is 4.84. The molecule has 3 aromatic heterocycles. The molecule has 0 amide bonds. The van der Waals surface area contributed by atoms with Gasteiger partial charge >= 0.3 is 0 Å². The first-order valence-corrected chi connectivity index (χ1v) is 19.3. The number of fused-ring (bicyclic) bond motifs is 6. The Kier molecular flexibility index (Phi) is 8.26. The molecule has 0 unspecified atom stereocenters. The highest BCUT2D eigenvalue weighted by atomic mass is 15.0. The molecule has 56 heavy (non-hydrogen) atoms. The fraction of sp³-hybridized carbons (Fsp3) is 0.0377. The Labute approximate surface area is 326 Å². The molecule has 7 aromatic carbocycles. The monoisotopic (exact) mass is 717 g/mol. The summed E-state index contributed by atoms with van der Waals surface area (Å²) in [5, 5.41) is 4.99. The van der Waals surface area contributed by atoms with E-state index >= 15 is 0 Å². The van der Waals surface area contributed by atoms with Gasteiger partial charge < -0.3 is 9.13 Å². The maximum Gasteiger partial charge on any atom is 0.0715 e. The van der Waals surface area contributed by atoms with E-state index in [0.29, 0.717) is 0 Å². The number of aromatic nitrogens is 3. The Morgan fingerprint density at radius 2 is 0.964 bits per heavy atom. The van der Waals surface area contributed by atoms with E-state index in [1.54, 1.807) is 0 Å². The van der Waals surface area contributed by atoms with Gasteiger partial charge in [-0.25, -0.2) is 4.98 Å². The molecule has 0 aliphatic rings. The standard InChI is InChI=1S/C53H39N3/c1-3-16-36(4-2)47-33-40(37-17-6-5-7-18-37)34-48(54-47)39-29-27-38(28-30-39)46-35-41(55-49-23-12-8-19-42(49)43-20-9-13-24-50(43)55)31-32-53(46)56-51-25-14-10-21-44(51)45-22-11-15-26-52(45)56/h3-35H,1-2H3/b16-3-,36-4+. The van der Waals surface area contributed by atoms with Crippen LogP contribution in [0, 0.1) is 0 Å². The minimum absolute atomic E-state index is 0.943. The molecule has 0 N–H and O–H groups in total. The minimum atomic E-state index is 0.943. The fourth-order valence-corrected chi connectivity index (χ4v) is 8.43. The van der Waals surface area contributed by atoms with Crippen molar-refractivity contribution in [3.05, 3.63) is 206 Å². The molecule has 0 aliphatic carbocycles. The van der Waals surface area contributed by atoms with Crippen molar-refractivity contribution < 1.29 is 0 Å². The van der Waals surface area contributed by atoms with Gasteiger partial charge in [0, 0.05) is 38.4 Å². The highest BCUT2D eigenvalue weighted by molar-refractivity contribution is 6.11. The lowest BCUT2D eigenvalue weighted by Gasteiger charge is -2.18. The van der Waals surface area contributed by atoms with E-state index in [-0.39, 0.29) is 0 Å². The summed E-state index contributed by atoms with van der Waals surface area (Å²) in [5.41, 5.74) is 15.7. The van der Waals surface area contributed by atoms with Gasteiger partial charge in [0.2, 0.25) is 0 Å². The van der Waals surface area contributed by atoms with Crippen molar-refractivity contribution in [2.45, 2.75) is 13.8 Å². The highest BCUT2D eigenvalue weighted by Gasteiger charge is 2.19. The number of nitrogens with zero attached hydrogens (tertiary/aromatic N) is 3. The Hall–Kier alpha value is -7.23. The van der Waals surface area contributed by atoms with Crippen LogP contribution in [0.4, 0.5) is 0 Å². The van der Waals surface area contributed by atoms with Crippen LogP contribution in [0.3, 0.4) is 0 Å². The molecular formula is C53H39N3. The Morgan fingerprint density at radius 3 is 1.52 bits per heavy atom. The molecular weight excluding hydrogens is 679 g/mol. The van der Waals surface area contributed by atoms with E-state index in [9.17, 15) is 0 Å². The average Bonchev–Trinajstić information content (AvgIpc) is 3.79. The second-order valence-corrected chi connectivity index (χ2v) is 14.3. The Balaban J connectivity index is 1.19. The molecule has 0 aliphatic heterocycles. The van der Waals surface area contributed by atoms with Crippen molar-refractivity contribution in [1.29, 1.82) is 0 Å². The number of hydrogen-bond acceptors (Lipinski definition) is 1. The van der Waals surface area contributed by atoms with Crippen LogP contribution in [0.2, 0.25) is 0 Å². The third-order valence-electron chi connectivity index (χ3n) is 11.0. The van der Waals surface area contributed by atoms with Gasteiger partial charge in [-0.1, -0.05) is 146 Å². The second kappa shape index (κ2) is 13.9. The zero-order valence-electron chi connectivity index (χ0n) is 31.4. The van der Waals surface area contributed by atoms with Crippen molar-refractivity contribution in [2.75, 3.05) is 0 Å². The summed E-state index contributed by atoms with van der Waals surface area (Å²) >= 11 is 0.